The highest BCUT2D eigenvalue weighted by atomic mass is 31.2. The Balaban J connectivity index is 2.26. The summed E-state index contributed by atoms with van der Waals surface area (Å²) in [4.78, 5) is 55.6. The van der Waals surface area contributed by atoms with Crippen molar-refractivity contribution >= 4 is 47.0 Å². The minimum absolute atomic E-state index is 0.171. The molecule has 0 aliphatic carbocycles. The number of amides is 4. The first kappa shape index (κ1) is 32.4. The highest BCUT2D eigenvalue weighted by Crippen LogP contribution is 2.65. The Labute approximate surface area is 258 Å². The molecule has 0 aromatic heterocycles. The van der Waals surface area contributed by atoms with Gasteiger partial charge in [0.2, 0.25) is 0 Å². The van der Waals surface area contributed by atoms with Crippen molar-refractivity contribution in [2.75, 3.05) is 7.05 Å². The fourth-order valence-electron chi connectivity index (χ4n) is 5.09. The van der Waals surface area contributed by atoms with E-state index in [2.05, 4.69) is 0 Å². The van der Waals surface area contributed by atoms with Crippen LogP contribution in [0.2, 0.25) is 0 Å². The monoisotopic (exact) mass is 616 g/mol. The molecule has 1 atom stereocenters. The Hall–Kier alpha value is -4.49. The third-order valence-electron chi connectivity index (χ3n) is 6.75. The number of likely N-dealkylation sites (N-methyl/N-ethyl adjacent to an activating group) is 1. The smallest absolute Gasteiger partial charge is 0.338 e. The zero-order chi connectivity index (χ0) is 32.4. The van der Waals surface area contributed by atoms with Gasteiger partial charge in [0.1, 0.15) is 34.1 Å². The van der Waals surface area contributed by atoms with Gasteiger partial charge in [0.05, 0.1) is 5.95 Å². The maximum Gasteiger partial charge on any atom is 0.338 e. The standard InChI is InChI=1S/C34H37N2O7P/c1-33(2,3)42-30(39)26(36-29(38)28(37)35(7)32(36)41)27(31(40)43-34(4,5)6)44(23-17-11-8-12-18-23,24-19-13-9-14-20-24)25-21-15-10-16-22-25/h8-22,26H,1-7H3/b31-27-. The maximum absolute atomic E-state index is 14.8. The first-order valence-electron chi connectivity index (χ1n) is 14.1. The topological polar surface area (TPSA) is 116 Å². The molecule has 0 radical (unpaired) electrons. The van der Waals surface area contributed by atoms with E-state index in [1.165, 1.54) is 0 Å². The maximum atomic E-state index is 14.8. The largest absolute Gasteiger partial charge is 0.605 e. The molecule has 0 saturated carbocycles. The zero-order valence-electron chi connectivity index (χ0n) is 25.9. The highest BCUT2D eigenvalue weighted by Gasteiger charge is 2.61. The number of nitrogens with zero attached hydrogens (tertiary/aromatic N) is 2. The quantitative estimate of drug-likeness (QED) is 0.125. The number of imide groups is 2. The molecule has 1 saturated heterocycles. The summed E-state index contributed by atoms with van der Waals surface area (Å²) in [6.45, 7) is 9.95. The van der Waals surface area contributed by atoms with E-state index in [1.807, 2.05) is 91.0 Å². The Morgan fingerprint density at radius 1 is 0.682 bits per heavy atom. The molecule has 1 unspecified atom stereocenters. The summed E-state index contributed by atoms with van der Waals surface area (Å²) in [6.07, 6.45) is 0. The van der Waals surface area contributed by atoms with Crippen LogP contribution in [-0.2, 0) is 23.9 Å². The summed E-state index contributed by atoms with van der Waals surface area (Å²) in [5, 5.41) is 16.6. The number of carbonyl (C=O) groups excluding carboxylic acids is 4. The van der Waals surface area contributed by atoms with Crippen molar-refractivity contribution in [3.8, 4) is 0 Å². The average molecular weight is 617 g/mol. The van der Waals surface area contributed by atoms with Gasteiger partial charge in [-0.1, -0.05) is 75.4 Å². The molecule has 9 nitrogen and oxygen atoms in total. The molecule has 230 valence electrons. The summed E-state index contributed by atoms with van der Waals surface area (Å²) in [6, 6.07) is 24.4. The van der Waals surface area contributed by atoms with Gasteiger partial charge in [0.15, 0.2) is 6.04 Å². The lowest BCUT2D eigenvalue weighted by molar-refractivity contribution is -0.370. The summed E-state index contributed by atoms with van der Waals surface area (Å²) in [5.41, 5.74) is -2.12. The van der Waals surface area contributed by atoms with Gasteiger partial charge in [-0.3, -0.25) is 14.5 Å². The third kappa shape index (κ3) is 6.24. The van der Waals surface area contributed by atoms with E-state index < -0.39 is 54.3 Å². The Morgan fingerprint density at radius 2 is 1.07 bits per heavy atom. The predicted octanol–water partition coefficient (Wildman–Crippen LogP) is 3.46. The van der Waals surface area contributed by atoms with Crippen molar-refractivity contribution in [2.45, 2.75) is 58.8 Å². The number of hydrogen-bond donors (Lipinski definition) is 0. The molecular weight excluding hydrogens is 579 g/mol. The van der Waals surface area contributed by atoms with Gasteiger partial charge in [0.25, 0.3) is 0 Å². The predicted molar refractivity (Wildman–Crippen MR) is 168 cm³/mol. The van der Waals surface area contributed by atoms with E-state index >= 15 is 0 Å². The van der Waals surface area contributed by atoms with E-state index in [4.69, 9.17) is 9.47 Å². The number of esters is 1. The van der Waals surface area contributed by atoms with Gasteiger partial charge >= 0.3 is 23.8 Å². The molecule has 1 aliphatic heterocycles. The molecule has 1 fully saturated rings. The van der Waals surface area contributed by atoms with Crippen LogP contribution < -0.4 is 21.0 Å². The molecule has 1 heterocycles. The van der Waals surface area contributed by atoms with Crippen molar-refractivity contribution in [3.05, 3.63) is 102 Å². The summed E-state index contributed by atoms with van der Waals surface area (Å²) in [7, 11) is -2.31. The van der Waals surface area contributed by atoms with Crippen LogP contribution in [0.15, 0.2) is 102 Å². The summed E-state index contributed by atoms with van der Waals surface area (Å²) < 4.78 is 11.8. The average Bonchev–Trinajstić information content (AvgIpc) is 3.15. The molecule has 1 aliphatic rings. The van der Waals surface area contributed by atoms with Crippen molar-refractivity contribution < 1.29 is 33.8 Å². The number of urea groups is 1. The molecule has 3 aromatic carbocycles. The molecule has 4 rings (SSSR count). The first-order valence-corrected chi connectivity index (χ1v) is 15.9. The molecular formula is C34H37N2O7P. The van der Waals surface area contributed by atoms with E-state index in [0.29, 0.717) is 25.7 Å². The van der Waals surface area contributed by atoms with Crippen molar-refractivity contribution in [3.63, 3.8) is 0 Å². The van der Waals surface area contributed by atoms with E-state index in [9.17, 15) is 24.3 Å². The van der Waals surface area contributed by atoms with Crippen molar-refractivity contribution in [1.82, 2.24) is 9.80 Å². The van der Waals surface area contributed by atoms with Crippen LogP contribution in [0.4, 0.5) is 4.79 Å². The van der Waals surface area contributed by atoms with Gasteiger partial charge in [-0.2, -0.15) is 0 Å². The lowest BCUT2D eigenvalue weighted by Crippen LogP contribution is -2.53. The SMILES string of the molecule is CN1C(=O)C(=O)N(C(C(=O)OC(C)(C)C)/C(=C(\[O-])OC(C)(C)C)[P+](c2ccccc2)(c2ccccc2)c2ccccc2)C1=O. The normalized spacial score (nSPS) is 15.7. The minimum atomic E-state index is -3.46. The van der Waals surface area contributed by atoms with Gasteiger partial charge in [-0.05, 0) is 57.2 Å². The molecule has 0 bridgehead atoms. The molecule has 0 spiro atoms. The molecule has 3 aromatic rings. The van der Waals surface area contributed by atoms with Crippen LogP contribution >= 0.6 is 7.26 Å². The van der Waals surface area contributed by atoms with Gasteiger partial charge < -0.3 is 14.6 Å². The summed E-state index contributed by atoms with van der Waals surface area (Å²) >= 11 is 0. The molecule has 0 N–H and O–H groups in total. The number of hydrogen-bond acceptors (Lipinski definition) is 7. The number of carbonyl (C=O) groups is 4. The van der Waals surface area contributed by atoms with Gasteiger partial charge in [0, 0.05) is 12.6 Å². The van der Waals surface area contributed by atoms with Crippen LogP contribution in [-0.4, -0.2) is 57.9 Å². The van der Waals surface area contributed by atoms with E-state index in [1.54, 1.807) is 41.5 Å². The first-order chi connectivity index (χ1) is 20.6. The zero-order valence-corrected chi connectivity index (χ0v) is 26.8. The second-order valence-electron chi connectivity index (χ2n) is 12.3. The summed E-state index contributed by atoms with van der Waals surface area (Å²) in [5.74, 6) is -4.33. The molecule has 4 amide bonds. The van der Waals surface area contributed by atoms with Crippen molar-refractivity contribution in [2.24, 2.45) is 0 Å². The number of benzene rings is 3. The third-order valence-corrected chi connectivity index (χ3v) is 11.1. The number of rotatable bonds is 8. The molecule has 10 heteroatoms. The lowest BCUT2D eigenvalue weighted by Gasteiger charge is -2.40. The van der Waals surface area contributed by atoms with Gasteiger partial charge in [-0.15, -0.1) is 0 Å². The Morgan fingerprint density at radius 3 is 1.39 bits per heavy atom. The van der Waals surface area contributed by atoms with Crippen molar-refractivity contribution in [1.29, 1.82) is 0 Å². The van der Waals surface area contributed by atoms with Crippen LogP contribution in [0.25, 0.3) is 0 Å². The highest BCUT2D eigenvalue weighted by molar-refractivity contribution is 7.99. The minimum Gasteiger partial charge on any atom is -0.605 e. The van der Waals surface area contributed by atoms with Crippen LogP contribution in [0.1, 0.15) is 41.5 Å². The Bertz CT molecular complexity index is 1480. The fourth-order valence-corrected chi connectivity index (χ4v) is 9.58. The van der Waals surface area contributed by atoms with E-state index in [-0.39, 0.29) is 5.31 Å². The Kier molecular flexibility index (Phi) is 9.03. The second-order valence-corrected chi connectivity index (χ2v) is 15.7. The fraction of sp³-hybridized carbons (Fsp3) is 0.294. The lowest BCUT2D eigenvalue weighted by atomic mass is 10.1. The molecule has 44 heavy (non-hydrogen) atoms. The van der Waals surface area contributed by atoms with E-state index in [0.717, 1.165) is 7.05 Å². The van der Waals surface area contributed by atoms with Gasteiger partial charge in [-0.25, -0.2) is 14.5 Å². The van der Waals surface area contributed by atoms with Crippen LogP contribution in [0, 0.1) is 0 Å². The van der Waals surface area contributed by atoms with Crippen LogP contribution in [0.5, 0.6) is 0 Å². The number of ether oxygens (including phenoxy) is 2. The second kappa shape index (κ2) is 12.2. The van der Waals surface area contributed by atoms with Crippen LogP contribution in [0.3, 0.4) is 0 Å².